The van der Waals surface area contributed by atoms with Crippen LogP contribution in [-0.2, 0) is 21.1 Å². The number of amides is 1. The molecule has 1 aliphatic carbocycles. The highest BCUT2D eigenvalue weighted by atomic mass is 16.6. The fourth-order valence-electron chi connectivity index (χ4n) is 3.46. The van der Waals surface area contributed by atoms with Crippen LogP contribution in [0.1, 0.15) is 59.1 Å². The zero-order valence-corrected chi connectivity index (χ0v) is 18.3. The van der Waals surface area contributed by atoms with Gasteiger partial charge in [0.15, 0.2) is 5.71 Å². The van der Waals surface area contributed by atoms with Crippen LogP contribution in [0.2, 0.25) is 0 Å². The molecule has 1 aliphatic rings. The summed E-state index contributed by atoms with van der Waals surface area (Å²) in [5.74, 6) is 0.367. The van der Waals surface area contributed by atoms with E-state index < -0.39 is 0 Å². The third-order valence-corrected chi connectivity index (χ3v) is 5.27. The van der Waals surface area contributed by atoms with Crippen molar-refractivity contribution in [1.29, 1.82) is 0 Å². The summed E-state index contributed by atoms with van der Waals surface area (Å²) in [6, 6.07) is 12.3. The van der Waals surface area contributed by atoms with Crippen LogP contribution in [0.4, 0.5) is 0 Å². The average molecular weight is 408 g/mol. The van der Waals surface area contributed by atoms with E-state index >= 15 is 0 Å². The Morgan fingerprint density at radius 2 is 1.93 bits per heavy atom. The van der Waals surface area contributed by atoms with Crippen molar-refractivity contribution in [2.45, 2.75) is 46.1 Å². The maximum atomic E-state index is 12.3. The zero-order valence-electron chi connectivity index (χ0n) is 18.3. The van der Waals surface area contributed by atoms with Gasteiger partial charge in [-0.15, -0.1) is 0 Å². The molecule has 0 atom stereocenters. The summed E-state index contributed by atoms with van der Waals surface area (Å²) in [6.07, 6.45) is 2.53. The maximum Gasteiger partial charge on any atom is 0.273 e. The first-order chi connectivity index (χ1) is 14.4. The van der Waals surface area contributed by atoms with Gasteiger partial charge in [-0.3, -0.25) is 4.79 Å². The Labute approximate surface area is 177 Å². The van der Waals surface area contributed by atoms with Crippen molar-refractivity contribution in [3.05, 3.63) is 69.8 Å². The Hall–Kier alpha value is -3.15. The van der Waals surface area contributed by atoms with E-state index in [0.29, 0.717) is 11.5 Å². The monoisotopic (exact) mass is 407 g/mol. The lowest BCUT2D eigenvalue weighted by molar-refractivity contribution is -0.114. The Kier molecular flexibility index (Phi) is 6.87. The van der Waals surface area contributed by atoms with Gasteiger partial charge in [0.2, 0.25) is 0 Å². The lowest BCUT2D eigenvalue weighted by Crippen LogP contribution is -2.29. The van der Waals surface area contributed by atoms with Crippen LogP contribution in [0.5, 0.6) is 0 Å². The van der Waals surface area contributed by atoms with E-state index in [1.54, 1.807) is 7.05 Å². The summed E-state index contributed by atoms with van der Waals surface area (Å²) in [6.45, 7) is 6.25. The van der Waals surface area contributed by atoms with Crippen LogP contribution in [0, 0.1) is 13.8 Å². The summed E-state index contributed by atoms with van der Waals surface area (Å²) in [5.41, 5.74) is 7.21. The molecule has 0 unspecified atom stereocenters. The van der Waals surface area contributed by atoms with Gasteiger partial charge in [0.25, 0.3) is 5.91 Å². The van der Waals surface area contributed by atoms with Crippen molar-refractivity contribution in [3.63, 3.8) is 0 Å². The average Bonchev–Trinajstić information content (AvgIpc) is 3.57. The maximum absolute atomic E-state index is 12.3. The molecule has 158 valence electrons. The van der Waals surface area contributed by atoms with Gasteiger partial charge in [-0.2, -0.15) is 0 Å². The minimum Gasteiger partial charge on any atom is -0.398 e. The molecule has 6 nitrogen and oxygen atoms in total. The second-order valence-electron chi connectivity index (χ2n) is 7.66. The molecule has 0 aliphatic heterocycles. The molecule has 0 aromatic heterocycles. The predicted molar refractivity (Wildman–Crippen MR) is 119 cm³/mol. The summed E-state index contributed by atoms with van der Waals surface area (Å²) < 4.78 is 0. The molecule has 1 N–H and O–H groups in total. The highest BCUT2D eigenvalue weighted by molar-refractivity contribution is 6.45. The van der Waals surface area contributed by atoms with Crippen molar-refractivity contribution in [3.8, 4) is 0 Å². The van der Waals surface area contributed by atoms with E-state index in [4.69, 9.17) is 9.68 Å². The third kappa shape index (κ3) is 5.06. The van der Waals surface area contributed by atoms with Crippen molar-refractivity contribution < 1.29 is 14.5 Å². The fourth-order valence-corrected chi connectivity index (χ4v) is 3.46. The first-order valence-corrected chi connectivity index (χ1v) is 10.1. The molecule has 1 amide bonds. The number of carbonyl (C=O) groups excluding carboxylic acids is 1. The topological polar surface area (TPSA) is 72.3 Å². The number of hydrogen-bond donors (Lipinski definition) is 1. The largest absolute Gasteiger partial charge is 0.398 e. The van der Waals surface area contributed by atoms with E-state index in [-0.39, 0.29) is 18.2 Å². The number of hydrogen-bond acceptors (Lipinski definition) is 5. The third-order valence-electron chi connectivity index (χ3n) is 5.27. The Balaban J connectivity index is 1.82. The molecule has 0 bridgehead atoms. The molecule has 1 fully saturated rings. The number of carbonyl (C=O) groups is 1. The molecule has 0 radical (unpaired) electrons. The lowest BCUT2D eigenvalue weighted by atomic mass is 9.98. The van der Waals surface area contributed by atoms with E-state index in [1.165, 1.54) is 31.1 Å². The van der Waals surface area contributed by atoms with Gasteiger partial charge < -0.3 is 15.0 Å². The normalized spacial score (nSPS) is 14.4. The molecule has 0 spiro atoms. The zero-order chi connectivity index (χ0) is 21.7. The number of nitrogens with one attached hydrogen (secondary N) is 1. The van der Waals surface area contributed by atoms with Gasteiger partial charge in [-0.25, -0.2) is 0 Å². The van der Waals surface area contributed by atoms with E-state index in [0.717, 1.165) is 22.4 Å². The highest BCUT2D eigenvalue weighted by Crippen LogP contribution is 2.40. The van der Waals surface area contributed by atoms with Crippen LogP contribution >= 0.6 is 0 Å². The Morgan fingerprint density at radius 3 is 2.60 bits per heavy atom. The van der Waals surface area contributed by atoms with Crippen LogP contribution in [0.3, 0.4) is 0 Å². The van der Waals surface area contributed by atoms with Crippen LogP contribution < -0.4 is 5.32 Å². The van der Waals surface area contributed by atoms with Crippen molar-refractivity contribution in [1.82, 2.24) is 5.32 Å². The Bertz CT molecular complexity index is 991. The van der Waals surface area contributed by atoms with Gasteiger partial charge in [0.1, 0.15) is 13.7 Å². The van der Waals surface area contributed by atoms with Crippen molar-refractivity contribution in [2.24, 2.45) is 10.3 Å². The molecule has 2 aromatic carbocycles. The van der Waals surface area contributed by atoms with Gasteiger partial charge in [0.05, 0.1) is 5.71 Å². The smallest absolute Gasteiger partial charge is 0.273 e. The first-order valence-electron chi connectivity index (χ1n) is 10.1. The number of nitrogens with zero attached hydrogens (tertiary/aromatic N) is 2. The molecular formula is C24H29N3O3. The molecule has 0 heterocycles. The molecule has 2 aromatic rings. The Morgan fingerprint density at radius 1 is 1.17 bits per heavy atom. The van der Waals surface area contributed by atoms with Gasteiger partial charge in [-0.1, -0.05) is 46.2 Å². The quantitative estimate of drug-likeness (QED) is 0.526. The molecule has 1 saturated carbocycles. The standard InChI is InChI=1S/C24H29N3O3/c1-15-11-19(13-20(12-15)18-9-10-18)17(3)26-30-14-22-16(2)7-6-8-21(22)23(27-29-5)24(28)25-4/h6-8,11-13,18H,9-10,14H2,1-5H3,(H,25,28)/b26-17+,27-23+. The number of likely N-dealkylation sites (N-methyl/N-ethyl adjacent to an activating group) is 1. The van der Waals surface area contributed by atoms with Gasteiger partial charge >= 0.3 is 0 Å². The summed E-state index contributed by atoms with van der Waals surface area (Å²) in [7, 11) is 2.98. The highest BCUT2D eigenvalue weighted by Gasteiger charge is 2.24. The number of oxime groups is 2. The van der Waals surface area contributed by atoms with Crippen LogP contribution in [0.25, 0.3) is 0 Å². The fraction of sp³-hybridized carbons (Fsp3) is 0.375. The predicted octanol–water partition coefficient (Wildman–Crippen LogP) is 4.22. The SMILES string of the molecule is CNC(=O)/C(=N/OC)c1cccc(C)c1CO/N=C(\C)c1cc(C)cc(C2CC2)c1. The second-order valence-corrected chi connectivity index (χ2v) is 7.66. The van der Waals surface area contributed by atoms with E-state index in [9.17, 15) is 4.79 Å². The summed E-state index contributed by atoms with van der Waals surface area (Å²) in [4.78, 5) is 22.9. The molecule has 3 rings (SSSR count). The molecule has 0 saturated heterocycles. The number of rotatable bonds is 8. The molecule has 30 heavy (non-hydrogen) atoms. The molecule has 6 heteroatoms. The van der Waals surface area contributed by atoms with Gasteiger partial charge in [-0.05, 0) is 62.3 Å². The first kappa shape index (κ1) is 21.6. The summed E-state index contributed by atoms with van der Waals surface area (Å²) in [5, 5.41) is 10.9. The number of benzene rings is 2. The van der Waals surface area contributed by atoms with Crippen LogP contribution in [-0.4, -0.2) is 31.5 Å². The molecular weight excluding hydrogens is 378 g/mol. The van der Waals surface area contributed by atoms with Crippen LogP contribution in [0.15, 0.2) is 46.7 Å². The minimum absolute atomic E-state index is 0.204. The van der Waals surface area contributed by atoms with E-state index in [1.807, 2.05) is 32.0 Å². The van der Waals surface area contributed by atoms with Crippen molar-refractivity contribution in [2.75, 3.05) is 14.2 Å². The second kappa shape index (κ2) is 9.57. The van der Waals surface area contributed by atoms with Crippen molar-refractivity contribution >= 4 is 17.3 Å². The summed E-state index contributed by atoms with van der Waals surface area (Å²) >= 11 is 0. The van der Waals surface area contributed by atoms with E-state index in [2.05, 4.69) is 40.8 Å². The number of aryl methyl sites for hydroxylation is 2. The van der Waals surface area contributed by atoms with Gasteiger partial charge in [0, 0.05) is 18.2 Å². The minimum atomic E-state index is -0.323. The lowest BCUT2D eigenvalue weighted by Gasteiger charge is -2.13.